The van der Waals surface area contributed by atoms with Crippen LogP contribution in [0, 0.1) is 33.5 Å². The molecule has 9 fully saturated rings. The van der Waals surface area contributed by atoms with Gasteiger partial charge in [-0.15, -0.1) is 0 Å². The first kappa shape index (κ1) is 75.3. The third kappa shape index (κ3) is 12.6. The van der Waals surface area contributed by atoms with E-state index in [1.54, 1.807) is 0 Å². The fourth-order valence-electron chi connectivity index (χ4n) is 18.6. The average Bonchev–Trinajstić information content (AvgIpc) is 1.41. The lowest BCUT2D eigenvalue weighted by atomic mass is 9.42. The number of carbonyl (C=O) groups is 1. The van der Waals surface area contributed by atoms with E-state index in [0.717, 1.165) is 32.1 Å². The van der Waals surface area contributed by atoms with Gasteiger partial charge in [-0.05, 0) is 87.4 Å². The van der Waals surface area contributed by atoms with Crippen LogP contribution in [0.5, 0.6) is 0 Å². The van der Waals surface area contributed by atoms with Crippen molar-refractivity contribution in [1.82, 2.24) is 0 Å². The zero-order valence-corrected chi connectivity index (χ0v) is 55.1. The minimum atomic E-state index is -2.16. The maximum absolute atomic E-state index is 13.1. The first-order valence-electron chi connectivity index (χ1n) is 34.0. The summed E-state index contributed by atoms with van der Waals surface area (Å²) in [4.78, 5) is 13.1. The van der Waals surface area contributed by atoms with Crippen LogP contribution in [0.15, 0.2) is 11.1 Å². The molecule has 38 unspecified atom stereocenters. The van der Waals surface area contributed by atoms with Gasteiger partial charge in [-0.25, -0.2) is 0 Å². The summed E-state index contributed by atoms with van der Waals surface area (Å²) in [5, 5.41) is 199. The molecule has 1 spiro atoms. The second-order valence-electron chi connectivity index (χ2n) is 29.7. The maximum atomic E-state index is 13.1. The summed E-state index contributed by atoms with van der Waals surface area (Å²) in [5.41, 5.74) is 0.687. The number of Topliss-reactive ketones (excluding diaryl/α,β-unsaturated/α-hetero) is 1. The number of rotatable bonds is 19. The van der Waals surface area contributed by atoms with Crippen molar-refractivity contribution in [2.45, 2.75) is 309 Å². The Labute approximate surface area is 555 Å². The summed E-state index contributed by atoms with van der Waals surface area (Å²) >= 11 is 0. The van der Waals surface area contributed by atoms with Crippen LogP contribution in [0.2, 0.25) is 0 Å². The van der Waals surface area contributed by atoms with Gasteiger partial charge in [0.05, 0.1) is 57.5 Å². The lowest BCUT2D eigenvalue weighted by molar-refractivity contribution is -0.414. The maximum Gasteiger partial charge on any atom is 0.187 e. The molecule has 0 aromatic heterocycles. The van der Waals surface area contributed by atoms with Gasteiger partial charge in [-0.3, -0.25) is 4.79 Å². The number of allylic oxidation sites excluding steroid dienone is 2. The van der Waals surface area contributed by atoms with Crippen molar-refractivity contribution < 1.29 is 158 Å². The average molecular weight is 1390 g/mol. The summed E-state index contributed by atoms with van der Waals surface area (Å²) < 4.78 is 79.8. The van der Waals surface area contributed by atoms with E-state index < -0.39 is 234 Å². The molecule has 7 heterocycles. The lowest BCUT2D eigenvalue weighted by Crippen LogP contribution is -2.69. The quantitative estimate of drug-likeness (QED) is 0.0536. The minimum absolute atomic E-state index is 0.113. The standard InChI is InChI=1S/C64H104O32/c1-8-28(69)30-17-24(2)64(96-30)16-15-62(6)27-9-10-35-60(4,26(27)11-14-63(62,64)7)13-12-36(61(35,5)23-68)91-55-48(82)45(79)41(75)34(90-55)22-85-57-51(38(72)29(70)21-84-57)94-59-53(95-54-47(81)43(77)37(71)25(3)86-54)50(42(76)33(20-67)89-59)92-58-52(46(80)40(74)32(19-66)88-58)93-56-49(83)44(78)39(73)31(18-65)87-56/h24-25,29-59,65-68,70-83H,8-23H2,1-7H3. The number of hydrogen-bond donors (Lipinski definition) is 18. The SMILES string of the molecule is CCC(=O)C1CC(C)C2(CCC3(C)C4=C(CCC32C)C2(C)CCC(OC3OC(COC5OCC(O)C(O)C5OC5OC(CO)C(O)C(OC6OC(CO)C(O)C(O)C6OC6OC(CO)C(O)C(O)C6O)C5OC5OC(C)C(O)C(O)C5O)C(O)C(O)C3O)C(C)(CO)C2CC4)O1. The Kier molecular flexibility index (Phi) is 22.8. The second kappa shape index (κ2) is 29.0. The summed E-state index contributed by atoms with van der Waals surface area (Å²) in [6, 6.07) is 0. The van der Waals surface area contributed by atoms with Crippen LogP contribution in [0.4, 0.5) is 0 Å². The predicted molar refractivity (Wildman–Crippen MR) is 318 cm³/mol. The van der Waals surface area contributed by atoms with E-state index in [2.05, 4.69) is 27.7 Å². The highest BCUT2D eigenvalue weighted by molar-refractivity contribution is 5.83. The first-order valence-corrected chi connectivity index (χ1v) is 34.0. The number of fused-ring (bicyclic) bond motifs is 5. The molecule has 0 radical (unpaired) electrons. The number of aliphatic hydroxyl groups is 18. The van der Waals surface area contributed by atoms with E-state index in [4.69, 9.17) is 61.6 Å². The molecule has 32 heteroatoms. The van der Waals surface area contributed by atoms with E-state index in [1.807, 2.05) is 13.8 Å². The van der Waals surface area contributed by atoms with Crippen molar-refractivity contribution in [3.05, 3.63) is 11.1 Å². The van der Waals surface area contributed by atoms with Crippen molar-refractivity contribution in [1.29, 1.82) is 0 Å². The molecule has 7 aliphatic heterocycles. The Bertz CT molecular complexity index is 2680. The van der Waals surface area contributed by atoms with E-state index in [9.17, 15) is 96.7 Å². The smallest absolute Gasteiger partial charge is 0.187 e. The summed E-state index contributed by atoms with van der Waals surface area (Å²) in [5.74, 6) is 0.225. The highest BCUT2D eigenvalue weighted by Gasteiger charge is 2.72. The molecule has 96 heavy (non-hydrogen) atoms. The van der Waals surface area contributed by atoms with Crippen molar-refractivity contribution in [2.75, 3.05) is 39.6 Å². The van der Waals surface area contributed by atoms with Gasteiger partial charge in [0, 0.05) is 17.3 Å². The molecule has 32 nitrogen and oxygen atoms in total. The number of aliphatic hydroxyl groups excluding tert-OH is 18. The monoisotopic (exact) mass is 1380 g/mol. The second-order valence-corrected chi connectivity index (χ2v) is 29.7. The Morgan fingerprint density at radius 3 is 1.65 bits per heavy atom. The van der Waals surface area contributed by atoms with Crippen molar-refractivity contribution >= 4 is 5.78 Å². The van der Waals surface area contributed by atoms with Gasteiger partial charge >= 0.3 is 0 Å². The number of ketones is 1. The van der Waals surface area contributed by atoms with E-state index >= 15 is 0 Å². The Balaban J connectivity index is 0.823. The van der Waals surface area contributed by atoms with Crippen LogP contribution >= 0.6 is 0 Å². The van der Waals surface area contributed by atoms with Gasteiger partial charge in [-0.2, -0.15) is 0 Å². The molecule has 18 N–H and O–H groups in total. The topological polar surface area (TPSA) is 501 Å². The van der Waals surface area contributed by atoms with Crippen LogP contribution in [-0.2, 0) is 66.4 Å². The molecular formula is C64H104O32. The summed E-state index contributed by atoms with van der Waals surface area (Å²) in [6.07, 6.45) is -49.2. The van der Waals surface area contributed by atoms with E-state index in [-0.39, 0.29) is 40.5 Å². The van der Waals surface area contributed by atoms with Gasteiger partial charge in [0.25, 0.3) is 0 Å². The van der Waals surface area contributed by atoms with Crippen LogP contribution in [0.25, 0.3) is 0 Å². The van der Waals surface area contributed by atoms with Gasteiger partial charge < -0.3 is 153 Å². The number of ether oxygens (including phenoxy) is 13. The van der Waals surface area contributed by atoms with Crippen LogP contribution in [-0.4, -0.2) is 333 Å². The van der Waals surface area contributed by atoms with Gasteiger partial charge in [0.2, 0.25) is 0 Å². The molecule has 7 saturated heterocycles. The third-order valence-electron chi connectivity index (χ3n) is 24.7. The lowest BCUT2D eigenvalue weighted by Gasteiger charge is -2.63. The van der Waals surface area contributed by atoms with Gasteiger partial charge in [-0.1, -0.05) is 52.7 Å². The van der Waals surface area contributed by atoms with E-state index in [0.29, 0.717) is 32.1 Å². The Morgan fingerprint density at radius 2 is 1.02 bits per heavy atom. The van der Waals surface area contributed by atoms with Crippen LogP contribution in [0.1, 0.15) is 113 Å². The number of carbonyl (C=O) groups excluding carboxylic acids is 1. The highest BCUT2D eigenvalue weighted by atomic mass is 16.8. The molecule has 11 rings (SSSR count). The summed E-state index contributed by atoms with van der Waals surface area (Å²) in [7, 11) is 0. The van der Waals surface area contributed by atoms with Crippen molar-refractivity contribution in [3.63, 3.8) is 0 Å². The zero-order valence-electron chi connectivity index (χ0n) is 55.1. The van der Waals surface area contributed by atoms with Crippen molar-refractivity contribution in [2.24, 2.45) is 33.5 Å². The third-order valence-corrected chi connectivity index (χ3v) is 24.7. The molecule has 0 aromatic rings. The zero-order chi connectivity index (χ0) is 69.8. The molecule has 0 bridgehead atoms. The molecule has 4 aliphatic carbocycles. The molecule has 0 aromatic carbocycles. The molecule has 11 aliphatic rings. The number of hydrogen-bond acceptors (Lipinski definition) is 32. The molecular weight excluding hydrogens is 1280 g/mol. The molecule has 2 saturated carbocycles. The first-order chi connectivity index (χ1) is 45.3. The van der Waals surface area contributed by atoms with Gasteiger partial charge in [0.1, 0.15) is 140 Å². The van der Waals surface area contributed by atoms with Crippen LogP contribution in [0.3, 0.4) is 0 Å². The normalized spacial score (nSPS) is 54.6. The fraction of sp³-hybridized carbons (Fsp3) is 0.953. The highest BCUT2D eigenvalue weighted by Crippen LogP contribution is 2.75. The van der Waals surface area contributed by atoms with Crippen LogP contribution < -0.4 is 0 Å². The van der Waals surface area contributed by atoms with E-state index in [1.165, 1.54) is 18.1 Å². The predicted octanol–water partition coefficient (Wildman–Crippen LogP) is -5.79. The Hall–Kier alpha value is -1.83. The Morgan fingerprint density at radius 1 is 0.500 bits per heavy atom. The summed E-state index contributed by atoms with van der Waals surface area (Å²) in [6.45, 7) is 9.78. The minimum Gasteiger partial charge on any atom is -0.396 e. The van der Waals surface area contributed by atoms with Gasteiger partial charge in [0.15, 0.2) is 43.5 Å². The molecule has 38 atom stereocenters. The molecule has 552 valence electrons. The molecule has 0 amide bonds. The van der Waals surface area contributed by atoms with Crippen molar-refractivity contribution in [3.8, 4) is 0 Å². The fourth-order valence-corrected chi connectivity index (χ4v) is 18.6. The largest absolute Gasteiger partial charge is 0.396 e.